The smallest absolute Gasteiger partial charge is 0.254 e. The second-order valence-electron chi connectivity index (χ2n) is 3.95. The zero-order valence-corrected chi connectivity index (χ0v) is 9.86. The quantitative estimate of drug-likeness (QED) is 0.894. The largest absolute Gasteiger partial charge is 0.508 e. The number of hydrogen-bond acceptors (Lipinski definition) is 2. The van der Waals surface area contributed by atoms with Crippen molar-refractivity contribution in [2.24, 2.45) is 0 Å². The molecule has 2 N–H and O–H groups in total. The molecule has 5 heteroatoms. The number of rotatable bonds is 3. The van der Waals surface area contributed by atoms with E-state index in [9.17, 15) is 13.6 Å². The molecule has 0 aliphatic rings. The number of benzene rings is 2. The summed E-state index contributed by atoms with van der Waals surface area (Å²) in [7, 11) is 0. The van der Waals surface area contributed by atoms with Crippen molar-refractivity contribution in [3.8, 4) is 5.75 Å². The SMILES string of the molecule is O=C(NCc1ccc(O)cc1)c1cccc(F)c1F. The summed E-state index contributed by atoms with van der Waals surface area (Å²) in [5.41, 5.74) is 0.404. The van der Waals surface area contributed by atoms with Gasteiger partial charge in [-0.1, -0.05) is 18.2 Å². The van der Waals surface area contributed by atoms with Crippen LogP contribution in [-0.4, -0.2) is 11.0 Å². The average Bonchev–Trinajstić information content (AvgIpc) is 2.41. The fourth-order valence-electron chi connectivity index (χ4n) is 1.57. The standard InChI is InChI=1S/C14H11F2NO2/c15-12-3-1-2-11(13(12)16)14(19)17-8-9-4-6-10(18)7-5-9/h1-7,18H,8H2,(H,17,19). The minimum absolute atomic E-state index is 0.117. The van der Waals surface area contributed by atoms with Gasteiger partial charge in [0, 0.05) is 6.54 Å². The predicted molar refractivity (Wildman–Crippen MR) is 65.6 cm³/mol. The van der Waals surface area contributed by atoms with Gasteiger partial charge in [0.05, 0.1) is 5.56 Å². The topological polar surface area (TPSA) is 49.3 Å². The molecule has 0 saturated carbocycles. The van der Waals surface area contributed by atoms with Crippen molar-refractivity contribution in [2.75, 3.05) is 0 Å². The Kier molecular flexibility index (Phi) is 3.75. The van der Waals surface area contributed by atoms with Gasteiger partial charge in [-0.05, 0) is 29.8 Å². The van der Waals surface area contributed by atoms with Crippen LogP contribution >= 0.6 is 0 Å². The molecule has 0 saturated heterocycles. The number of carbonyl (C=O) groups excluding carboxylic acids is 1. The lowest BCUT2D eigenvalue weighted by Gasteiger charge is -2.06. The van der Waals surface area contributed by atoms with Gasteiger partial charge in [0.15, 0.2) is 11.6 Å². The summed E-state index contributed by atoms with van der Waals surface area (Å²) < 4.78 is 26.3. The van der Waals surface area contributed by atoms with Crippen LogP contribution in [0.15, 0.2) is 42.5 Å². The van der Waals surface area contributed by atoms with Crippen LogP contribution in [0.4, 0.5) is 8.78 Å². The molecule has 2 rings (SSSR count). The Morgan fingerprint density at radius 3 is 2.47 bits per heavy atom. The van der Waals surface area contributed by atoms with Gasteiger partial charge in [-0.3, -0.25) is 4.79 Å². The Labute approximate surface area is 108 Å². The first-order valence-electron chi connectivity index (χ1n) is 5.58. The van der Waals surface area contributed by atoms with Gasteiger partial charge in [-0.2, -0.15) is 0 Å². The van der Waals surface area contributed by atoms with E-state index in [1.165, 1.54) is 24.3 Å². The average molecular weight is 263 g/mol. The van der Waals surface area contributed by atoms with Crippen LogP contribution in [0.5, 0.6) is 5.75 Å². The van der Waals surface area contributed by atoms with Gasteiger partial charge in [-0.25, -0.2) is 8.78 Å². The van der Waals surface area contributed by atoms with E-state index < -0.39 is 17.5 Å². The molecule has 0 fully saturated rings. The molecule has 0 radical (unpaired) electrons. The van der Waals surface area contributed by atoms with Gasteiger partial charge < -0.3 is 10.4 Å². The number of amides is 1. The first-order chi connectivity index (χ1) is 9.08. The highest BCUT2D eigenvalue weighted by Crippen LogP contribution is 2.12. The minimum atomic E-state index is -1.16. The maximum atomic E-state index is 13.4. The Bertz CT molecular complexity index is 597. The Balaban J connectivity index is 2.05. The second kappa shape index (κ2) is 5.48. The fourth-order valence-corrected chi connectivity index (χ4v) is 1.57. The fraction of sp³-hybridized carbons (Fsp3) is 0.0714. The number of phenolic OH excluding ortho intramolecular Hbond substituents is 1. The summed E-state index contributed by atoms with van der Waals surface area (Å²) in [4.78, 5) is 11.7. The lowest BCUT2D eigenvalue weighted by atomic mass is 10.1. The van der Waals surface area contributed by atoms with Gasteiger partial charge in [0.2, 0.25) is 0 Å². The lowest BCUT2D eigenvalue weighted by Crippen LogP contribution is -2.24. The Morgan fingerprint density at radius 2 is 1.79 bits per heavy atom. The first kappa shape index (κ1) is 13.0. The molecule has 0 spiro atoms. The highest BCUT2D eigenvalue weighted by Gasteiger charge is 2.14. The maximum absolute atomic E-state index is 13.4. The second-order valence-corrected chi connectivity index (χ2v) is 3.95. The third-order valence-electron chi connectivity index (χ3n) is 2.59. The van der Waals surface area contributed by atoms with Gasteiger partial charge >= 0.3 is 0 Å². The maximum Gasteiger partial charge on any atom is 0.254 e. The lowest BCUT2D eigenvalue weighted by molar-refractivity contribution is 0.0946. The van der Waals surface area contributed by atoms with E-state index in [0.717, 1.165) is 11.6 Å². The molecule has 98 valence electrons. The molecule has 0 aromatic heterocycles. The molecule has 1 amide bonds. The third kappa shape index (κ3) is 3.07. The molecule has 2 aromatic rings. The predicted octanol–water partition coefficient (Wildman–Crippen LogP) is 2.60. The van der Waals surface area contributed by atoms with Crippen molar-refractivity contribution in [3.05, 3.63) is 65.2 Å². The molecule has 0 unspecified atom stereocenters. The van der Waals surface area contributed by atoms with Gasteiger partial charge in [0.25, 0.3) is 5.91 Å². The van der Waals surface area contributed by atoms with Crippen molar-refractivity contribution in [2.45, 2.75) is 6.54 Å². The van der Waals surface area contributed by atoms with E-state index >= 15 is 0 Å². The molecule has 0 atom stereocenters. The van der Waals surface area contributed by atoms with E-state index in [1.807, 2.05) is 0 Å². The van der Waals surface area contributed by atoms with Crippen LogP contribution < -0.4 is 5.32 Å². The molecule has 0 heterocycles. The first-order valence-corrected chi connectivity index (χ1v) is 5.58. The van der Waals surface area contributed by atoms with E-state index in [4.69, 9.17) is 5.11 Å². The normalized spacial score (nSPS) is 10.2. The van der Waals surface area contributed by atoms with Gasteiger partial charge in [0.1, 0.15) is 5.75 Å². The molecular formula is C14H11F2NO2. The van der Waals surface area contributed by atoms with E-state index in [0.29, 0.717) is 0 Å². The monoisotopic (exact) mass is 263 g/mol. The van der Waals surface area contributed by atoms with Crippen molar-refractivity contribution in [1.82, 2.24) is 5.32 Å². The number of carbonyl (C=O) groups is 1. The number of nitrogens with one attached hydrogen (secondary N) is 1. The number of halogens is 2. The molecule has 2 aromatic carbocycles. The number of aromatic hydroxyl groups is 1. The number of hydrogen-bond donors (Lipinski definition) is 2. The summed E-state index contributed by atoms with van der Waals surface area (Å²) >= 11 is 0. The zero-order chi connectivity index (χ0) is 13.8. The Morgan fingerprint density at radius 1 is 1.11 bits per heavy atom. The molecule has 19 heavy (non-hydrogen) atoms. The summed E-state index contributed by atoms with van der Waals surface area (Å²) in [5, 5.41) is 11.6. The highest BCUT2D eigenvalue weighted by atomic mass is 19.2. The zero-order valence-electron chi connectivity index (χ0n) is 9.86. The molecule has 0 bridgehead atoms. The third-order valence-corrected chi connectivity index (χ3v) is 2.59. The molecule has 0 aliphatic carbocycles. The molecule has 3 nitrogen and oxygen atoms in total. The van der Waals surface area contributed by atoms with E-state index in [-0.39, 0.29) is 17.9 Å². The van der Waals surface area contributed by atoms with Crippen molar-refractivity contribution < 1.29 is 18.7 Å². The Hall–Kier alpha value is -2.43. The van der Waals surface area contributed by atoms with E-state index in [1.54, 1.807) is 12.1 Å². The van der Waals surface area contributed by atoms with Crippen LogP contribution in [0.2, 0.25) is 0 Å². The van der Waals surface area contributed by atoms with Crippen molar-refractivity contribution in [3.63, 3.8) is 0 Å². The van der Waals surface area contributed by atoms with Crippen LogP contribution in [-0.2, 0) is 6.54 Å². The van der Waals surface area contributed by atoms with E-state index in [2.05, 4.69) is 5.32 Å². The molecular weight excluding hydrogens is 252 g/mol. The van der Waals surface area contributed by atoms with Crippen LogP contribution in [0.25, 0.3) is 0 Å². The van der Waals surface area contributed by atoms with Crippen molar-refractivity contribution >= 4 is 5.91 Å². The summed E-state index contributed by atoms with van der Waals surface area (Å²) in [6, 6.07) is 9.63. The number of phenols is 1. The summed E-state index contributed by atoms with van der Waals surface area (Å²) in [6.45, 7) is 0.162. The van der Waals surface area contributed by atoms with Crippen molar-refractivity contribution in [1.29, 1.82) is 0 Å². The van der Waals surface area contributed by atoms with Crippen LogP contribution in [0.1, 0.15) is 15.9 Å². The minimum Gasteiger partial charge on any atom is -0.508 e. The van der Waals surface area contributed by atoms with Crippen LogP contribution in [0, 0.1) is 11.6 Å². The van der Waals surface area contributed by atoms with Crippen LogP contribution in [0.3, 0.4) is 0 Å². The summed E-state index contributed by atoms with van der Waals surface area (Å²) in [6.07, 6.45) is 0. The highest BCUT2D eigenvalue weighted by molar-refractivity contribution is 5.94. The molecule has 0 aliphatic heterocycles. The summed E-state index contributed by atoms with van der Waals surface area (Å²) in [5.74, 6) is -2.79. The van der Waals surface area contributed by atoms with Gasteiger partial charge in [-0.15, -0.1) is 0 Å².